The van der Waals surface area contributed by atoms with E-state index in [0.717, 1.165) is 12.8 Å². The maximum atomic E-state index is 12.5. The number of carbonyl (C=O) groups is 1. The molecule has 1 aromatic heterocycles. The second kappa shape index (κ2) is 7.40. The summed E-state index contributed by atoms with van der Waals surface area (Å²) in [5, 5.41) is 7.11. The summed E-state index contributed by atoms with van der Waals surface area (Å²) in [7, 11) is -3.29. The van der Waals surface area contributed by atoms with Crippen molar-refractivity contribution in [3.63, 3.8) is 0 Å². The van der Waals surface area contributed by atoms with E-state index in [4.69, 9.17) is 4.52 Å². The quantitative estimate of drug-likeness (QED) is 0.766. The molecule has 0 bridgehead atoms. The van der Waals surface area contributed by atoms with Crippen LogP contribution in [0, 0.1) is 18.8 Å². The monoisotopic (exact) mass is 410 g/mol. The zero-order valence-corrected chi connectivity index (χ0v) is 17.5. The Balaban J connectivity index is 1.44. The van der Waals surface area contributed by atoms with Crippen molar-refractivity contribution in [3.05, 3.63) is 11.7 Å². The Hall–Kier alpha value is -1.48. The standard InChI is InChI=1S/C19H30N4O4S/c1-13-20-18(27-22-13)19-10-16(9-15(19)11-23(12-19)28(2,25)26)21-17(24)8-7-14-5-3-4-6-14/h14-16H,3-12H2,1-2H3,(H,21,24)/t15?,16-,19+/m1/s1. The number of amides is 1. The molecule has 3 atom stereocenters. The van der Waals surface area contributed by atoms with Crippen molar-refractivity contribution < 1.29 is 17.7 Å². The van der Waals surface area contributed by atoms with E-state index in [1.807, 2.05) is 0 Å². The predicted molar refractivity (Wildman–Crippen MR) is 103 cm³/mol. The van der Waals surface area contributed by atoms with Crippen LogP contribution in [0.2, 0.25) is 0 Å². The van der Waals surface area contributed by atoms with Crippen LogP contribution in [0.5, 0.6) is 0 Å². The van der Waals surface area contributed by atoms with Crippen molar-refractivity contribution in [2.45, 2.75) is 69.7 Å². The number of aromatic nitrogens is 2. The third-order valence-corrected chi connectivity index (χ3v) is 8.10. The largest absolute Gasteiger partial charge is 0.353 e. The van der Waals surface area contributed by atoms with Crippen molar-refractivity contribution in [1.82, 2.24) is 19.8 Å². The molecule has 3 fully saturated rings. The summed E-state index contributed by atoms with van der Waals surface area (Å²) < 4.78 is 31.2. The molecule has 1 aromatic rings. The minimum absolute atomic E-state index is 0.0231. The van der Waals surface area contributed by atoms with Gasteiger partial charge in [0, 0.05) is 25.6 Å². The summed E-state index contributed by atoms with van der Waals surface area (Å²) in [4.78, 5) is 16.9. The van der Waals surface area contributed by atoms with E-state index in [-0.39, 0.29) is 17.9 Å². The van der Waals surface area contributed by atoms with Gasteiger partial charge in [0.1, 0.15) is 0 Å². The van der Waals surface area contributed by atoms with Crippen molar-refractivity contribution in [1.29, 1.82) is 0 Å². The fourth-order valence-corrected chi connectivity index (χ4v) is 6.37. The van der Waals surface area contributed by atoms with Gasteiger partial charge in [0.2, 0.25) is 21.8 Å². The predicted octanol–water partition coefficient (Wildman–Crippen LogP) is 1.76. The van der Waals surface area contributed by atoms with Crippen LogP contribution in [0.3, 0.4) is 0 Å². The molecule has 1 saturated heterocycles. The minimum Gasteiger partial charge on any atom is -0.353 e. The molecular formula is C19H30N4O4S. The number of nitrogens with one attached hydrogen (secondary N) is 1. The maximum Gasteiger partial charge on any atom is 0.234 e. The smallest absolute Gasteiger partial charge is 0.234 e. The third kappa shape index (κ3) is 3.83. The summed E-state index contributed by atoms with van der Waals surface area (Å²) in [6.07, 6.45) is 9.25. The molecule has 1 amide bonds. The lowest BCUT2D eigenvalue weighted by molar-refractivity contribution is -0.122. The van der Waals surface area contributed by atoms with Gasteiger partial charge < -0.3 is 9.84 Å². The Bertz CT molecular complexity index is 833. The second-order valence-corrected chi connectivity index (χ2v) is 10.9. The van der Waals surface area contributed by atoms with Crippen LogP contribution in [-0.4, -0.2) is 54.2 Å². The average molecular weight is 411 g/mol. The van der Waals surface area contributed by atoms with E-state index in [1.54, 1.807) is 6.92 Å². The fourth-order valence-electron chi connectivity index (χ4n) is 5.45. The minimum atomic E-state index is -3.29. The SMILES string of the molecule is Cc1noc([C@]23C[C@H](NC(=O)CCC4CCCC4)CC2CN(S(C)(=O)=O)C3)n1. The van der Waals surface area contributed by atoms with E-state index in [1.165, 1.54) is 36.2 Å². The summed E-state index contributed by atoms with van der Waals surface area (Å²) in [6, 6.07) is 0.0231. The van der Waals surface area contributed by atoms with E-state index >= 15 is 0 Å². The van der Waals surface area contributed by atoms with Gasteiger partial charge in [-0.05, 0) is 38.0 Å². The first-order chi connectivity index (χ1) is 13.3. The van der Waals surface area contributed by atoms with E-state index in [2.05, 4.69) is 15.5 Å². The molecule has 1 N–H and O–H groups in total. The third-order valence-electron chi connectivity index (χ3n) is 6.89. The zero-order chi connectivity index (χ0) is 19.9. The van der Waals surface area contributed by atoms with Crippen LogP contribution in [0.15, 0.2) is 4.52 Å². The van der Waals surface area contributed by atoms with Crippen LogP contribution in [0.1, 0.15) is 63.1 Å². The lowest BCUT2D eigenvalue weighted by Crippen LogP contribution is -2.39. The number of nitrogens with zero attached hydrogens (tertiary/aromatic N) is 3. The van der Waals surface area contributed by atoms with E-state index in [9.17, 15) is 13.2 Å². The van der Waals surface area contributed by atoms with Crippen molar-refractivity contribution in [3.8, 4) is 0 Å². The number of aryl methyl sites for hydroxylation is 1. The van der Waals surface area contributed by atoms with Gasteiger partial charge in [-0.25, -0.2) is 12.7 Å². The summed E-state index contributed by atoms with van der Waals surface area (Å²) in [6.45, 7) is 2.54. The Labute approximate surface area is 166 Å². The molecule has 28 heavy (non-hydrogen) atoms. The molecule has 1 aliphatic heterocycles. The van der Waals surface area contributed by atoms with E-state index < -0.39 is 15.4 Å². The second-order valence-electron chi connectivity index (χ2n) is 8.95. The topological polar surface area (TPSA) is 105 Å². The van der Waals surface area contributed by atoms with Gasteiger partial charge in [0.25, 0.3) is 0 Å². The highest BCUT2D eigenvalue weighted by Crippen LogP contribution is 2.50. The maximum absolute atomic E-state index is 12.5. The number of carbonyl (C=O) groups excluding carboxylic acids is 1. The first kappa shape index (κ1) is 19.8. The summed E-state index contributed by atoms with van der Waals surface area (Å²) in [5.41, 5.74) is -0.506. The van der Waals surface area contributed by atoms with Crippen LogP contribution in [0.4, 0.5) is 0 Å². The molecule has 1 unspecified atom stereocenters. The van der Waals surface area contributed by atoms with Crippen molar-refractivity contribution in [2.75, 3.05) is 19.3 Å². The normalized spacial score (nSPS) is 31.4. The van der Waals surface area contributed by atoms with Gasteiger partial charge in [-0.1, -0.05) is 30.8 Å². The first-order valence-corrected chi connectivity index (χ1v) is 12.2. The Morgan fingerprint density at radius 2 is 2.11 bits per heavy atom. The number of sulfonamides is 1. The first-order valence-electron chi connectivity index (χ1n) is 10.3. The zero-order valence-electron chi connectivity index (χ0n) is 16.7. The average Bonchev–Trinajstić information content (AvgIpc) is 3.34. The van der Waals surface area contributed by atoms with Gasteiger partial charge in [-0.3, -0.25) is 4.79 Å². The fraction of sp³-hybridized carbons (Fsp3) is 0.842. The molecule has 0 spiro atoms. The molecule has 156 valence electrons. The lowest BCUT2D eigenvalue weighted by atomic mass is 9.80. The number of hydrogen-bond acceptors (Lipinski definition) is 6. The van der Waals surface area contributed by atoms with Crippen molar-refractivity contribution in [2.24, 2.45) is 11.8 Å². The highest BCUT2D eigenvalue weighted by atomic mass is 32.2. The Morgan fingerprint density at radius 3 is 2.75 bits per heavy atom. The van der Waals surface area contributed by atoms with Crippen LogP contribution in [0.25, 0.3) is 0 Å². The molecule has 2 heterocycles. The Kier molecular flexibility index (Phi) is 5.24. The van der Waals surface area contributed by atoms with E-state index in [0.29, 0.717) is 43.6 Å². The molecule has 2 saturated carbocycles. The molecule has 0 aromatic carbocycles. The highest BCUT2D eigenvalue weighted by molar-refractivity contribution is 7.88. The Morgan fingerprint density at radius 1 is 1.36 bits per heavy atom. The van der Waals surface area contributed by atoms with Gasteiger partial charge in [-0.2, -0.15) is 4.98 Å². The van der Waals surface area contributed by atoms with Crippen LogP contribution >= 0.6 is 0 Å². The number of rotatable bonds is 6. The van der Waals surface area contributed by atoms with Gasteiger partial charge >= 0.3 is 0 Å². The molecule has 3 aliphatic rings. The number of hydrogen-bond donors (Lipinski definition) is 1. The molecule has 0 radical (unpaired) electrons. The molecular weight excluding hydrogens is 380 g/mol. The number of fused-ring (bicyclic) bond motifs is 1. The molecule has 8 nitrogen and oxygen atoms in total. The highest BCUT2D eigenvalue weighted by Gasteiger charge is 2.58. The molecule has 2 aliphatic carbocycles. The van der Waals surface area contributed by atoms with Gasteiger partial charge in [0.05, 0.1) is 11.7 Å². The van der Waals surface area contributed by atoms with Gasteiger partial charge in [0.15, 0.2) is 5.82 Å². The van der Waals surface area contributed by atoms with Crippen molar-refractivity contribution >= 4 is 15.9 Å². The van der Waals surface area contributed by atoms with Gasteiger partial charge in [-0.15, -0.1) is 0 Å². The lowest BCUT2D eigenvalue weighted by Gasteiger charge is -2.25. The van der Waals surface area contributed by atoms with Crippen LogP contribution < -0.4 is 5.32 Å². The molecule has 9 heteroatoms. The summed E-state index contributed by atoms with van der Waals surface area (Å²) in [5.74, 6) is 1.93. The van der Waals surface area contributed by atoms with Crippen LogP contribution in [-0.2, 0) is 20.2 Å². The summed E-state index contributed by atoms with van der Waals surface area (Å²) >= 11 is 0. The molecule has 4 rings (SSSR count).